The van der Waals surface area contributed by atoms with Crippen LogP contribution in [0.1, 0.15) is 11.1 Å². The first-order valence-corrected chi connectivity index (χ1v) is 9.05. The smallest absolute Gasteiger partial charge is 0.417 e. The van der Waals surface area contributed by atoms with E-state index in [4.69, 9.17) is 9.25 Å². The number of rotatable bonds is 6. The van der Waals surface area contributed by atoms with Crippen molar-refractivity contribution in [3.63, 3.8) is 0 Å². The van der Waals surface area contributed by atoms with Crippen molar-refractivity contribution in [1.82, 2.24) is 14.7 Å². The fourth-order valence-corrected chi connectivity index (χ4v) is 2.65. The number of oxazole rings is 1. The predicted molar refractivity (Wildman–Crippen MR) is 105 cm³/mol. The van der Waals surface area contributed by atoms with Crippen molar-refractivity contribution in [1.29, 1.82) is 0 Å². The molecular formula is C21H15F3N4O3. The Hall–Kier alpha value is -4.08. The SMILES string of the molecule is O=c1cc(Nc2ncc(-c3ccc(C(F)(F)F)cn3)o2)ccn1OCc1ccccc1. The van der Waals surface area contributed by atoms with E-state index in [2.05, 4.69) is 15.3 Å². The van der Waals surface area contributed by atoms with Crippen LogP contribution in [-0.4, -0.2) is 14.7 Å². The molecule has 4 rings (SSSR count). The fourth-order valence-electron chi connectivity index (χ4n) is 2.65. The van der Waals surface area contributed by atoms with Crippen LogP contribution < -0.4 is 15.7 Å². The first-order chi connectivity index (χ1) is 14.9. The molecule has 1 aromatic carbocycles. The summed E-state index contributed by atoms with van der Waals surface area (Å²) in [6.45, 7) is 0.233. The van der Waals surface area contributed by atoms with Crippen LogP contribution in [0.15, 0.2) is 82.4 Å². The van der Waals surface area contributed by atoms with Crippen LogP contribution >= 0.6 is 0 Å². The standard InChI is InChI=1S/C21H15F3N4O3/c22-21(23,24)15-6-7-17(25-11-15)18-12-26-20(31-18)27-16-8-9-28(19(29)10-16)30-13-14-4-2-1-3-5-14/h1-12H,13H2,(H,26,27). The molecule has 0 fully saturated rings. The van der Waals surface area contributed by atoms with Crippen LogP contribution in [0.4, 0.5) is 24.9 Å². The molecule has 0 saturated heterocycles. The minimum atomic E-state index is -4.47. The average Bonchev–Trinajstić information content (AvgIpc) is 3.22. The number of nitrogens with one attached hydrogen (secondary N) is 1. The molecular weight excluding hydrogens is 413 g/mol. The van der Waals surface area contributed by atoms with Crippen LogP contribution in [0.5, 0.6) is 0 Å². The Labute approximate surface area is 173 Å². The molecule has 1 N–H and O–H groups in total. The fraction of sp³-hybridized carbons (Fsp3) is 0.0952. The molecule has 0 radical (unpaired) electrons. The second kappa shape index (κ2) is 8.34. The van der Waals surface area contributed by atoms with Gasteiger partial charge in [0.2, 0.25) is 0 Å². The van der Waals surface area contributed by atoms with Gasteiger partial charge < -0.3 is 14.6 Å². The summed E-state index contributed by atoms with van der Waals surface area (Å²) >= 11 is 0. The summed E-state index contributed by atoms with van der Waals surface area (Å²) in [5.74, 6) is 0.177. The van der Waals surface area contributed by atoms with Crippen molar-refractivity contribution in [2.24, 2.45) is 0 Å². The molecule has 0 aliphatic heterocycles. The quantitative estimate of drug-likeness (QED) is 0.494. The van der Waals surface area contributed by atoms with Crippen LogP contribution in [0.2, 0.25) is 0 Å². The van der Waals surface area contributed by atoms with E-state index in [1.54, 1.807) is 6.07 Å². The number of alkyl halides is 3. The number of anilines is 2. The summed E-state index contributed by atoms with van der Waals surface area (Å²) in [6, 6.07) is 14.4. The number of pyridine rings is 2. The minimum absolute atomic E-state index is 0.0547. The highest BCUT2D eigenvalue weighted by Gasteiger charge is 2.30. The van der Waals surface area contributed by atoms with E-state index < -0.39 is 17.3 Å². The maximum atomic E-state index is 12.6. The molecule has 0 amide bonds. The normalized spacial score (nSPS) is 11.3. The van der Waals surface area contributed by atoms with Crippen LogP contribution in [0.3, 0.4) is 0 Å². The molecule has 3 heterocycles. The first-order valence-electron chi connectivity index (χ1n) is 9.05. The van der Waals surface area contributed by atoms with E-state index in [0.29, 0.717) is 5.69 Å². The van der Waals surface area contributed by atoms with Crippen molar-refractivity contribution in [3.8, 4) is 11.5 Å². The highest BCUT2D eigenvalue weighted by molar-refractivity contribution is 5.56. The van der Waals surface area contributed by atoms with E-state index in [0.717, 1.165) is 22.6 Å². The van der Waals surface area contributed by atoms with Crippen molar-refractivity contribution in [3.05, 3.63) is 94.7 Å². The second-order valence-electron chi connectivity index (χ2n) is 6.42. The topological polar surface area (TPSA) is 82.2 Å². The van der Waals surface area contributed by atoms with Crippen LogP contribution in [-0.2, 0) is 12.8 Å². The highest BCUT2D eigenvalue weighted by Crippen LogP contribution is 2.30. The van der Waals surface area contributed by atoms with Crippen LogP contribution in [0.25, 0.3) is 11.5 Å². The molecule has 31 heavy (non-hydrogen) atoms. The second-order valence-corrected chi connectivity index (χ2v) is 6.42. The summed E-state index contributed by atoms with van der Waals surface area (Å²) in [5.41, 5.74) is 0.249. The maximum absolute atomic E-state index is 12.6. The summed E-state index contributed by atoms with van der Waals surface area (Å²) in [5, 5.41) is 2.82. The third-order valence-electron chi connectivity index (χ3n) is 4.20. The molecule has 0 aliphatic carbocycles. The van der Waals surface area contributed by atoms with Crippen molar-refractivity contribution >= 4 is 11.7 Å². The molecule has 3 aromatic heterocycles. The largest absolute Gasteiger partial charge is 0.422 e. The van der Waals surface area contributed by atoms with E-state index in [9.17, 15) is 18.0 Å². The van der Waals surface area contributed by atoms with Gasteiger partial charge in [0, 0.05) is 24.1 Å². The van der Waals surface area contributed by atoms with Crippen molar-refractivity contribution < 1.29 is 22.4 Å². The summed E-state index contributed by atoms with van der Waals surface area (Å²) < 4.78 is 44.5. The van der Waals surface area contributed by atoms with Gasteiger partial charge in [-0.05, 0) is 23.8 Å². The summed E-state index contributed by atoms with van der Waals surface area (Å²) in [6.07, 6.45) is -0.970. The van der Waals surface area contributed by atoms with Crippen molar-refractivity contribution in [2.45, 2.75) is 12.8 Å². The van der Waals surface area contributed by atoms with Gasteiger partial charge in [-0.3, -0.25) is 9.78 Å². The molecule has 0 bridgehead atoms. The van der Waals surface area contributed by atoms with Gasteiger partial charge in [0.1, 0.15) is 12.3 Å². The van der Waals surface area contributed by atoms with Gasteiger partial charge >= 0.3 is 6.18 Å². The molecule has 0 aliphatic rings. The summed E-state index contributed by atoms with van der Waals surface area (Å²) in [4.78, 5) is 25.5. The maximum Gasteiger partial charge on any atom is 0.417 e. The minimum Gasteiger partial charge on any atom is -0.422 e. The Morgan fingerprint density at radius 2 is 1.84 bits per heavy atom. The Morgan fingerprint density at radius 1 is 1.03 bits per heavy atom. The van der Waals surface area contributed by atoms with E-state index in [1.165, 1.54) is 24.5 Å². The van der Waals surface area contributed by atoms with Gasteiger partial charge in [-0.2, -0.15) is 17.9 Å². The molecule has 0 unspecified atom stereocenters. The van der Waals surface area contributed by atoms with Gasteiger partial charge in [0.05, 0.1) is 11.8 Å². The number of halogens is 3. The highest BCUT2D eigenvalue weighted by atomic mass is 19.4. The first kappa shape index (κ1) is 20.2. The lowest BCUT2D eigenvalue weighted by Crippen LogP contribution is -2.25. The van der Waals surface area contributed by atoms with Gasteiger partial charge in [0.25, 0.3) is 11.6 Å². The number of aromatic nitrogens is 3. The van der Waals surface area contributed by atoms with E-state index in [1.807, 2.05) is 30.3 Å². The Bertz CT molecular complexity index is 1220. The van der Waals surface area contributed by atoms with Gasteiger partial charge in [0.15, 0.2) is 5.76 Å². The lowest BCUT2D eigenvalue weighted by Gasteiger charge is -2.09. The number of benzene rings is 1. The van der Waals surface area contributed by atoms with E-state index in [-0.39, 0.29) is 24.1 Å². The zero-order chi connectivity index (χ0) is 21.8. The number of nitrogens with zero attached hydrogens (tertiary/aromatic N) is 3. The zero-order valence-corrected chi connectivity index (χ0v) is 15.8. The Balaban J connectivity index is 1.42. The van der Waals surface area contributed by atoms with Crippen molar-refractivity contribution in [2.75, 3.05) is 5.32 Å². The monoisotopic (exact) mass is 428 g/mol. The lowest BCUT2D eigenvalue weighted by atomic mass is 10.2. The third-order valence-corrected chi connectivity index (χ3v) is 4.20. The molecule has 0 saturated carbocycles. The Kier molecular flexibility index (Phi) is 5.44. The van der Waals surface area contributed by atoms with Crippen LogP contribution in [0, 0.1) is 0 Å². The lowest BCUT2D eigenvalue weighted by molar-refractivity contribution is -0.137. The molecule has 4 aromatic rings. The van der Waals surface area contributed by atoms with E-state index >= 15 is 0 Å². The molecule has 0 atom stereocenters. The zero-order valence-electron chi connectivity index (χ0n) is 15.8. The average molecular weight is 428 g/mol. The van der Waals surface area contributed by atoms with Gasteiger partial charge in [-0.1, -0.05) is 30.3 Å². The molecule has 10 heteroatoms. The third kappa shape index (κ3) is 4.92. The summed E-state index contributed by atoms with van der Waals surface area (Å²) in [7, 11) is 0. The molecule has 0 spiro atoms. The number of hydrogen-bond acceptors (Lipinski definition) is 6. The number of hydrogen-bond donors (Lipinski definition) is 1. The van der Waals surface area contributed by atoms with Gasteiger partial charge in [-0.25, -0.2) is 4.98 Å². The molecule has 7 nitrogen and oxygen atoms in total. The molecule has 158 valence electrons. The predicted octanol–water partition coefficient (Wildman–Crippen LogP) is 4.29. The Morgan fingerprint density at radius 3 is 2.52 bits per heavy atom. The van der Waals surface area contributed by atoms with Gasteiger partial charge in [-0.15, -0.1) is 0 Å².